The van der Waals surface area contributed by atoms with Crippen molar-refractivity contribution in [2.24, 2.45) is 11.8 Å². The van der Waals surface area contributed by atoms with Crippen molar-refractivity contribution in [3.63, 3.8) is 0 Å². The van der Waals surface area contributed by atoms with Crippen LogP contribution in [0.1, 0.15) is 78.6 Å². The van der Waals surface area contributed by atoms with E-state index in [1.165, 1.54) is 77.4 Å². The van der Waals surface area contributed by atoms with E-state index in [-0.39, 0.29) is 0 Å². The van der Waals surface area contributed by atoms with Crippen molar-refractivity contribution in [1.82, 2.24) is 10.2 Å². The van der Waals surface area contributed by atoms with Crippen molar-refractivity contribution in [2.45, 2.75) is 90.6 Å². The third-order valence-electron chi connectivity index (χ3n) is 5.30. The summed E-state index contributed by atoms with van der Waals surface area (Å²) in [6.45, 7) is 10.9. The number of nitrogens with one attached hydrogen (secondary N) is 1. The summed E-state index contributed by atoms with van der Waals surface area (Å²) in [6.07, 6.45) is 12.8. The molecule has 2 aliphatic rings. The molecule has 0 spiro atoms. The van der Waals surface area contributed by atoms with Crippen molar-refractivity contribution >= 4 is 0 Å². The summed E-state index contributed by atoms with van der Waals surface area (Å²) in [5, 5.41) is 3.84. The van der Waals surface area contributed by atoms with Crippen molar-refractivity contribution in [3.05, 3.63) is 0 Å². The molecule has 0 radical (unpaired) electrons. The third kappa shape index (κ3) is 6.28. The highest BCUT2D eigenvalue weighted by molar-refractivity contribution is 4.94. The molecule has 21 heavy (non-hydrogen) atoms. The molecule has 124 valence electrons. The highest BCUT2D eigenvalue weighted by atomic mass is 15.2. The Balaban J connectivity index is 1.70. The van der Waals surface area contributed by atoms with Gasteiger partial charge in [0.1, 0.15) is 0 Å². The molecule has 2 heteroatoms. The second-order valence-electron chi connectivity index (χ2n) is 7.90. The van der Waals surface area contributed by atoms with Gasteiger partial charge in [-0.1, -0.05) is 52.9 Å². The van der Waals surface area contributed by atoms with E-state index < -0.39 is 0 Å². The van der Waals surface area contributed by atoms with Gasteiger partial charge >= 0.3 is 0 Å². The number of rotatable bonds is 10. The second-order valence-corrected chi connectivity index (χ2v) is 7.90. The predicted molar refractivity (Wildman–Crippen MR) is 92.7 cm³/mol. The van der Waals surface area contributed by atoms with Gasteiger partial charge in [-0.2, -0.15) is 0 Å². The van der Waals surface area contributed by atoms with Crippen LogP contribution in [0.3, 0.4) is 0 Å². The van der Waals surface area contributed by atoms with Crippen LogP contribution in [0.25, 0.3) is 0 Å². The average Bonchev–Trinajstić information content (AvgIpc) is 3.28. The Morgan fingerprint density at radius 2 is 1.76 bits per heavy atom. The maximum Gasteiger partial charge on any atom is 0.0224 e. The topological polar surface area (TPSA) is 15.3 Å². The SMILES string of the molecule is CCCCCCCCN1CC(C2CC2)NCC1CC(C)C. The highest BCUT2D eigenvalue weighted by Gasteiger charge is 2.36. The molecular formula is C19H38N2. The molecule has 1 aliphatic carbocycles. The number of unbranched alkanes of at least 4 members (excludes halogenated alkanes) is 5. The average molecular weight is 295 g/mol. The normalized spacial score (nSPS) is 27.4. The second kappa shape index (κ2) is 9.15. The zero-order chi connectivity index (χ0) is 15.1. The first kappa shape index (κ1) is 17.3. The van der Waals surface area contributed by atoms with Crippen LogP contribution in [0, 0.1) is 11.8 Å². The Morgan fingerprint density at radius 3 is 2.43 bits per heavy atom. The first-order chi connectivity index (χ1) is 10.2. The summed E-state index contributed by atoms with van der Waals surface area (Å²) >= 11 is 0. The minimum absolute atomic E-state index is 0.788. The molecule has 2 atom stereocenters. The minimum Gasteiger partial charge on any atom is -0.311 e. The smallest absolute Gasteiger partial charge is 0.0224 e. The lowest BCUT2D eigenvalue weighted by molar-refractivity contribution is 0.105. The van der Waals surface area contributed by atoms with E-state index in [4.69, 9.17) is 0 Å². The molecule has 0 aromatic heterocycles. The van der Waals surface area contributed by atoms with Crippen LogP contribution in [0.4, 0.5) is 0 Å². The fourth-order valence-electron chi connectivity index (χ4n) is 3.84. The van der Waals surface area contributed by atoms with Crippen LogP contribution in [0.5, 0.6) is 0 Å². The summed E-state index contributed by atoms with van der Waals surface area (Å²) in [4.78, 5) is 2.83. The molecule has 1 saturated heterocycles. The molecule has 0 amide bonds. The van der Waals surface area contributed by atoms with Gasteiger partial charge in [-0.05, 0) is 44.1 Å². The van der Waals surface area contributed by atoms with Gasteiger partial charge in [0.2, 0.25) is 0 Å². The molecule has 2 nitrogen and oxygen atoms in total. The number of piperazine rings is 1. The zero-order valence-corrected chi connectivity index (χ0v) is 14.7. The Morgan fingerprint density at radius 1 is 1.05 bits per heavy atom. The molecule has 2 unspecified atom stereocenters. The molecule has 1 aliphatic heterocycles. The lowest BCUT2D eigenvalue weighted by Crippen LogP contribution is -2.57. The van der Waals surface area contributed by atoms with Crippen molar-refractivity contribution in [2.75, 3.05) is 19.6 Å². The van der Waals surface area contributed by atoms with E-state index in [9.17, 15) is 0 Å². The Labute approximate surface area is 133 Å². The summed E-state index contributed by atoms with van der Waals surface area (Å²) in [6, 6.07) is 1.59. The van der Waals surface area contributed by atoms with Crippen LogP contribution in [-0.2, 0) is 0 Å². The summed E-state index contributed by atoms with van der Waals surface area (Å²) < 4.78 is 0. The monoisotopic (exact) mass is 294 g/mol. The van der Waals surface area contributed by atoms with E-state index in [1.54, 1.807) is 0 Å². The largest absolute Gasteiger partial charge is 0.311 e. The molecule has 2 rings (SSSR count). The maximum atomic E-state index is 3.84. The van der Waals surface area contributed by atoms with Gasteiger partial charge in [0.25, 0.3) is 0 Å². The quantitative estimate of drug-likeness (QED) is 0.599. The first-order valence-corrected chi connectivity index (χ1v) is 9.68. The Kier molecular flexibility index (Phi) is 7.53. The molecular weight excluding hydrogens is 256 g/mol. The van der Waals surface area contributed by atoms with Crippen LogP contribution >= 0.6 is 0 Å². The third-order valence-corrected chi connectivity index (χ3v) is 5.30. The van der Waals surface area contributed by atoms with Gasteiger partial charge in [-0.25, -0.2) is 0 Å². The van der Waals surface area contributed by atoms with Crippen molar-refractivity contribution < 1.29 is 0 Å². The number of hydrogen-bond donors (Lipinski definition) is 1. The Hall–Kier alpha value is -0.0800. The lowest BCUT2D eigenvalue weighted by Gasteiger charge is -2.41. The first-order valence-electron chi connectivity index (χ1n) is 9.68. The van der Waals surface area contributed by atoms with Crippen LogP contribution < -0.4 is 5.32 Å². The predicted octanol–water partition coefficient (Wildman–Crippen LogP) is 4.45. The minimum atomic E-state index is 0.788. The van der Waals surface area contributed by atoms with Crippen molar-refractivity contribution in [1.29, 1.82) is 0 Å². The number of hydrogen-bond acceptors (Lipinski definition) is 2. The van der Waals surface area contributed by atoms with Gasteiger partial charge < -0.3 is 5.32 Å². The molecule has 0 bridgehead atoms. The van der Waals surface area contributed by atoms with E-state index in [2.05, 4.69) is 31.0 Å². The zero-order valence-electron chi connectivity index (χ0n) is 14.7. The summed E-state index contributed by atoms with van der Waals surface area (Å²) in [7, 11) is 0. The maximum absolute atomic E-state index is 3.84. The van der Waals surface area contributed by atoms with Gasteiger partial charge in [0.05, 0.1) is 0 Å². The molecule has 0 aromatic carbocycles. The van der Waals surface area contributed by atoms with E-state index in [0.717, 1.165) is 23.9 Å². The standard InChI is InChI=1S/C19H38N2/c1-4-5-6-7-8-9-12-21-15-19(17-10-11-17)20-14-18(21)13-16(2)3/h16-20H,4-15H2,1-3H3. The van der Waals surface area contributed by atoms with Gasteiger partial charge in [0, 0.05) is 25.2 Å². The molecule has 0 aromatic rings. The lowest BCUT2D eigenvalue weighted by atomic mass is 9.97. The van der Waals surface area contributed by atoms with Gasteiger partial charge in [-0.15, -0.1) is 0 Å². The fraction of sp³-hybridized carbons (Fsp3) is 1.00. The van der Waals surface area contributed by atoms with Crippen LogP contribution in [0.2, 0.25) is 0 Å². The van der Waals surface area contributed by atoms with E-state index in [1.807, 2.05) is 0 Å². The van der Waals surface area contributed by atoms with Gasteiger partial charge in [0.15, 0.2) is 0 Å². The van der Waals surface area contributed by atoms with Crippen molar-refractivity contribution in [3.8, 4) is 0 Å². The van der Waals surface area contributed by atoms with Crippen LogP contribution in [-0.4, -0.2) is 36.6 Å². The highest BCUT2D eigenvalue weighted by Crippen LogP contribution is 2.34. The fourth-order valence-corrected chi connectivity index (χ4v) is 3.84. The van der Waals surface area contributed by atoms with Crippen LogP contribution in [0.15, 0.2) is 0 Å². The van der Waals surface area contributed by atoms with Gasteiger partial charge in [-0.3, -0.25) is 4.90 Å². The van der Waals surface area contributed by atoms with E-state index >= 15 is 0 Å². The molecule has 1 heterocycles. The molecule has 1 N–H and O–H groups in total. The molecule has 1 saturated carbocycles. The summed E-state index contributed by atoms with van der Waals surface area (Å²) in [5.74, 6) is 1.82. The number of nitrogens with zero attached hydrogens (tertiary/aromatic N) is 1. The molecule has 2 fully saturated rings. The summed E-state index contributed by atoms with van der Waals surface area (Å²) in [5.41, 5.74) is 0. The Bertz CT molecular complexity index is 273. The van der Waals surface area contributed by atoms with E-state index in [0.29, 0.717) is 0 Å².